The van der Waals surface area contributed by atoms with Gasteiger partial charge in [0, 0.05) is 24.4 Å². The second-order valence-electron chi connectivity index (χ2n) is 3.69. The lowest BCUT2D eigenvalue weighted by Crippen LogP contribution is -1.97. The number of aromatic amines is 1. The highest BCUT2D eigenvalue weighted by Gasteiger charge is 2.25. The van der Waals surface area contributed by atoms with E-state index in [-0.39, 0.29) is 0 Å². The molecule has 76 valence electrons. The van der Waals surface area contributed by atoms with Crippen LogP contribution < -0.4 is 5.32 Å². The van der Waals surface area contributed by atoms with Crippen LogP contribution in [0.1, 0.15) is 24.5 Å². The molecule has 0 amide bonds. The molecule has 2 aromatic rings. The van der Waals surface area contributed by atoms with Gasteiger partial charge < -0.3 is 5.32 Å². The Morgan fingerprint density at radius 3 is 2.93 bits per heavy atom. The van der Waals surface area contributed by atoms with Gasteiger partial charge in [-0.3, -0.25) is 10.1 Å². The Labute approximate surface area is 87.0 Å². The summed E-state index contributed by atoms with van der Waals surface area (Å²) in [5.41, 5.74) is 1.08. The average molecular weight is 201 g/mol. The zero-order chi connectivity index (χ0) is 10.1. The maximum atomic E-state index is 4.48. The zero-order valence-electron chi connectivity index (χ0n) is 8.14. The van der Waals surface area contributed by atoms with Crippen LogP contribution in [0.25, 0.3) is 0 Å². The van der Waals surface area contributed by atoms with Crippen molar-refractivity contribution in [3.8, 4) is 0 Å². The molecular formula is C10H11N5. The number of nitrogens with zero attached hydrogens (tertiary/aromatic N) is 3. The van der Waals surface area contributed by atoms with Gasteiger partial charge in [-0.05, 0) is 12.8 Å². The molecule has 0 aliphatic heterocycles. The van der Waals surface area contributed by atoms with Crippen LogP contribution in [0.4, 0.5) is 11.6 Å². The maximum Gasteiger partial charge on any atom is 0.153 e. The number of aromatic nitrogens is 4. The van der Waals surface area contributed by atoms with Crippen LogP contribution >= 0.6 is 0 Å². The van der Waals surface area contributed by atoms with Gasteiger partial charge in [0.15, 0.2) is 5.82 Å². The second kappa shape index (κ2) is 3.34. The van der Waals surface area contributed by atoms with Gasteiger partial charge in [0.2, 0.25) is 0 Å². The fraction of sp³-hybridized carbons (Fsp3) is 0.300. The summed E-state index contributed by atoms with van der Waals surface area (Å²) in [6.07, 6.45) is 7.79. The van der Waals surface area contributed by atoms with Crippen molar-refractivity contribution in [3.63, 3.8) is 0 Å². The third-order valence-electron chi connectivity index (χ3n) is 2.41. The average Bonchev–Trinajstić information content (AvgIpc) is 3.00. The number of hydrogen-bond donors (Lipinski definition) is 2. The lowest BCUT2D eigenvalue weighted by Gasteiger charge is -2.02. The Hall–Kier alpha value is -1.91. The minimum Gasteiger partial charge on any atom is -0.322 e. The van der Waals surface area contributed by atoms with Crippen LogP contribution in [0.5, 0.6) is 0 Å². The zero-order valence-corrected chi connectivity index (χ0v) is 8.14. The molecule has 1 fully saturated rings. The molecule has 1 aliphatic carbocycles. The Kier molecular flexibility index (Phi) is 1.87. The van der Waals surface area contributed by atoms with E-state index in [0.717, 1.165) is 17.3 Å². The first-order valence-corrected chi connectivity index (χ1v) is 5.00. The van der Waals surface area contributed by atoms with Crippen molar-refractivity contribution in [2.45, 2.75) is 18.8 Å². The molecule has 0 radical (unpaired) electrons. The molecule has 3 rings (SSSR count). The standard InChI is InChI=1S/C10H11N5/c1-2-7(1)8-5-11-6-10(13-8)14-9-3-4-12-15-9/h3-7H,1-2H2,(H2,12,13,14,15). The molecule has 2 N–H and O–H groups in total. The molecule has 1 aliphatic rings. The first-order valence-electron chi connectivity index (χ1n) is 5.00. The van der Waals surface area contributed by atoms with E-state index < -0.39 is 0 Å². The van der Waals surface area contributed by atoms with Gasteiger partial charge in [-0.2, -0.15) is 5.10 Å². The van der Waals surface area contributed by atoms with Gasteiger partial charge in [0.05, 0.1) is 11.9 Å². The molecule has 0 saturated heterocycles. The molecule has 2 aromatic heterocycles. The van der Waals surface area contributed by atoms with Crippen molar-refractivity contribution < 1.29 is 0 Å². The van der Waals surface area contributed by atoms with Crippen molar-refractivity contribution in [3.05, 3.63) is 30.4 Å². The number of hydrogen-bond acceptors (Lipinski definition) is 4. The summed E-state index contributed by atoms with van der Waals surface area (Å²) in [6, 6.07) is 1.85. The van der Waals surface area contributed by atoms with Gasteiger partial charge in [-0.1, -0.05) is 0 Å². The topological polar surface area (TPSA) is 66.5 Å². The summed E-state index contributed by atoms with van der Waals surface area (Å²) in [5, 5.41) is 9.83. The van der Waals surface area contributed by atoms with Crippen LogP contribution in [0.15, 0.2) is 24.7 Å². The Morgan fingerprint density at radius 1 is 1.27 bits per heavy atom. The fourth-order valence-corrected chi connectivity index (χ4v) is 1.48. The summed E-state index contributed by atoms with van der Waals surface area (Å²) in [7, 11) is 0. The number of H-pyrrole nitrogens is 1. The van der Waals surface area contributed by atoms with Gasteiger partial charge in [0.25, 0.3) is 0 Å². The van der Waals surface area contributed by atoms with E-state index in [0.29, 0.717) is 5.92 Å². The predicted octanol–water partition coefficient (Wildman–Crippen LogP) is 1.82. The largest absolute Gasteiger partial charge is 0.322 e. The Bertz CT molecular complexity index is 447. The van der Waals surface area contributed by atoms with E-state index in [4.69, 9.17) is 0 Å². The smallest absolute Gasteiger partial charge is 0.153 e. The number of anilines is 2. The highest BCUT2D eigenvalue weighted by Crippen LogP contribution is 2.38. The fourth-order valence-electron chi connectivity index (χ4n) is 1.48. The highest BCUT2D eigenvalue weighted by atomic mass is 15.2. The molecular weight excluding hydrogens is 190 g/mol. The second-order valence-corrected chi connectivity index (χ2v) is 3.69. The van der Waals surface area contributed by atoms with Gasteiger partial charge in [-0.15, -0.1) is 0 Å². The van der Waals surface area contributed by atoms with Crippen LogP contribution in [0, 0.1) is 0 Å². The van der Waals surface area contributed by atoms with Crippen molar-refractivity contribution in [2.75, 3.05) is 5.32 Å². The predicted molar refractivity (Wildman–Crippen MR) is 55.9 cm³/mol. The third kappa shape index (κ3) is 1.81. The summed E-state index contributed by atoms with van der Waals surface area (Å²) in [4.78, 5) is 8.65. The Balaban J connectivity index is 1.82. The molecule has 1 saturated carbocycles. The minimum absolute atomic E-state index is 0.624. The van der Waals surface area contributed by atoms with Gasteiger partial charge >= 0.3 is 0 Å². The maximum absolute atomic E-state index is 4.48. The summed E-state index contributed by atoms with van der Waals surface area (Å²) >= 11 is 0. The molecule has 0 atom stereocenters. The molecule has 5 nitrogen and oxygen atoms in total. The molecule has 0 aromatic carbocycles. The molecule has 5 heteroatoms. The normalized spacial score (nSPS) is 15.2. The van der Waals surface area contributed by atoms with Crippen molar-refractivity contribution in [1.82, 2.24) is 20.2 Å². The molecule has 15 heavy (non-hydrogen) atoms. The quantitative estimate of drug-likeness (QED) is 0.794. The van der Waals surface area contributed by atoms with E-state index >= 15 is 0 Å². The highest BCUT2D eigenvalue weighted by molar-refractivity contribution is 5.49. The van der Waals surface area contributed by atoms with E-state index in [9.17, 15) is 0 Å². The molecule has 0 bridgehead atoms. The van der Waals surface area contributed by atoms with Crippen LogP contribution in [-0.4, -0.2) is 20.2 Å². The summed E-state index contributed by atoms with van der Waals surface area (Å²) < 4.78 is 0. The summed E-state index contributed by atoms with van der Waals surface area (Å²) in [5.74, 6) is 2.14. The monoisotopic (exact) mass is 201 g/mol. The SMILES string of the molecule is c1cc(Nc2cncc(C3CC3)n2)n[nH]1. The molecule has 0 unspecified atom stereocenters. The first kappa shape index (κ1) is 8.40. The van der Waals surface area contributed by atoms with Crippen molar-refractivity contribution >= 4 is 11.6 Å². The van der Waals surface area contributed by atoms with Crippen molar-refractivity contribution in [1.29, 1.82) is 0 Å². The lowest BCUT2D eigenvalue weighted by atomic mass is 10.3. The third-order valence-corrected chi connectivity index (χ3v) is 2.41. The number of nitrogens with one attached hydrogen (secondary N) is 2. The number of rotatable bonds is 3. The summed E-state index contributed by atoms with van der Waals surface area (Å²) in [6.45, 7) is 0. The van der Waals surface area contributed by atoms with Crippen LogP contribution in [0.3, 0.4) is 0 Å². The van der Waals surface area contributed by atoms with E-state index in [1.165, 1.54) is 12.8 Å². The molecule has 0 spiro atoms. The Morgan fingerprint density at radius 2 is 2.20 bits per heavy atom. The minimum atomic E-state index is 0.624. The molecule has 2 heterocycles. The first-order chi connectivity index (χ1) is 7.42. The van der Waals surface area contributed by atoms with E-state index in [1.54, 1.807) is 12.4 Å². The van der Waals surface area contributed by atoms with Crippen LogP contribution in [-0.2, 0) is 0 Å². The lowest BCUT2D eigenvalue weighted by molar-refractivity contribution is 0.988. The van der Waals surface area contributed by atoms with Gasteiger partial charge in [-0.25, -0.2) is 4.98 Å². The van der Waals surface area contributed by atoms with E-state index in [1.807, 2.05) is 12.3 Å². The van der Waals surface area contributed by atoms with Crippen molar-refractivity contribution in [2.24, 2.45) is 0 Å². The van der Waals surface area contributed by atoms with E-state index in [2.05, 4.69) is 25.5 Å². The van der Waals surface area contributed by atoms with Crippen LogP contribution in [0.2, 0.25) is 0 Å². The van der Waals surface area contributed by atoms with Gasteiger partial charge in [0.1, 0.15) is 5.82 Å².